The Balaban J connectivity index is 1.67. The number of benzene rings is 3. The highest BCUT2D eigenvalue weighted by molar-refractivity contribution is 6.31. The molecule has 0 bridgehead atoms. The van der Waals surface area contributed by atoms with Crippen LogP contribution in [0.25, 0.3) is 0 Å². The van der Waals surface area contributed by atoms with Gasteiger partial charge < -0.3 is 10.1 Å². The molecule has 1 aliphatic carbocycles. The summed E-state index contributed by atoms with van der Waals surface area (Å²) in [6.07, 6.45) is 4.14. The first-order chi connectivity index (χ1) is 18.9. The normalized spacial score (nSPS) is 18.7. The molecular formula is C32H32Cl2N2O3. The van der Waals surface area contributed by atoms with Crippen LogP contribution in [0.1, 0.15) is 68.5 Å². The van der Waals surface area contributed by atoms with Crippen LogP contribution >= 0.6 is 23.2 Å². The van der Waals surface area contributed by atoms with Crippen molar-refractivity contribution in [3.05, 3.63) is 99.2 Å². The van der Waals surface area contributed by atoms with Crippen LogP contribution in [0.3, 0.4) is 0 Å². The number of Topliss-reactive ketones (excluding diaryl/α,β-unsaturated/α-hetero) is 1. The Labute approximate surface area is 239 Å². The number of ether oxygens (including phenoxy) is 1. The van der Waals surface area contributed by atoms with Gasteiger partial charge in [-0.25, -0.2) is 0 Å². The smallest absolute Gasteiger partial charge is 0.227 e. The van der Waals surface area contributed by atoms with Gasteiger partial charge in [0.25, 0.3) is 0 Å². The summed E-state index contributed by atoms with van der Waals surface area (Å²) < 4.78 is 5.39. The molecule has 1 N–H and O–H groups in total. The van der Waals surface area contributed by atoms with Gasteiger partial charge in [0, 0.05) is 34.2 Å². The fourth-order valence-corrected chi connectivity index (χ4v) is 5.91. The van der Waals surface area contributed by atoms with Crippen LogP contribution in [0, 0.1) is 0 Å². The number of anilines is 2. The predicted octanol–water partition coefficient (Wildman–Crippen LogP) is 8.48. The Morgan fingerprint density at radius 2 is 1.64 bits per heavy atom. The first kappa shape index (κ1) is 27.3. The summed E-state index contributed by atoms with van der Waals surface area (Å²) in [5.74, 6) is 0.711. The lowest BCUT2D eigenvalue weighted by Crippen LogP contribution is -2.38. The van der Waals surface area contributed by atoms with Crippen molar-refractivity contribution in [2.24, 2.45) is 0 Å². The van der Waals surface area contributed by atoms with E-state index in [1.807, 2.05) is 60.7 Å². The second kappa shape index (κ2) is 11.8. The number of unbranched alkanes of at least 4 members (excludes halogenated alkanes) is 2. The first-order valence-electron chi connectivity index (χ1n) is 13.4. The van der Waals surface area contributed by atoms with E-state index < -0.39 is 6.04 Å². The third kappa shape index (κ3) is 5.70. The van der Waals surface area contributed by atoms with E-state index in [0.29, 0.717) is 46.3 Å². The minimum absolute atomic E-state index is 0.00743. The predicted molar refractivity (Wildman–Crippen MR) is 158 cm³/mol. The number of nitrogens with zero attached hydrogens (tertiary/aromatic N) is 1. The third-order valence-corrected chi connectivity index (χ3v) is 8.07. The van der Waals surface area contributed by atoms with Crippen molar-refractivity contribution in [2.45, 2.75) is 57.4 Å². The van der Waals surface area contributed by atoms with E-state index in [9.17, 15) is 9.59 Å². The number of fused-ring (bicyclic) bond motifs is 1. The second-order valence-corrected chi connectivity index (χ2v) is 11.0. The molecule has 39 heavy (non-hydrogen) atoms. The molecule has 0 aromatic heterocycles. The molecule has 0 spiro atoms. The molecule has 7 heteroatoms. The standard InChI is InChI=1S/C32H32Cl2N2O3/c1-3-4-5-6-30(38)36-28-16-13-24(34)19-26(28)35-27-17-22(20-7-11-23(33)12-8-20)18-29(37)31(27)32(36)21-9-14-25(39-2)15-10-21/h7-16,19,22,32,35H,3-6,17-18H2,1-2H3/t22-,32+/m0/s1. The summed E-state index contributed by atoms with van der Waals surface area (Å²) in [6, 6.07) is 20.3. The van der Waals surface area contributed by atoms with Crippen molar-refractivity contribution in [2.75, 3.05) is 17.3 Å². The van der Waals surface area contributed by atoms with Crippen molar-refractivity contribution in [1.82, 2.24) is 0 Å². The number of carbonyl (C=O) groups excluding carboxylic acids is 2. The molecule has 3 aromatic carbocycles. The Morgan fingerprint density at radius 1 is 0.949 bits per heavy atom. The minimum Gasteiger partial charge on any atom is -0.497 e. The lowest BCUT2D eigenvalue weighted by atomic mass is 9.78. The molecule has 0 saturated carbocycles. The van der Waals surface area contributed by atoms with Crippen LogP contribution < -0.4 is 15.0 Å². The van der Waals surface area contributed by atoms with Crippen LogP contribution in [0.2, 0.25) is 10.0 Å². The summed E-state index contributed by atoms with van der Waals surface area (Å²) in [6.45, 7) is 2.12. The molecule has 1 heterocycles. The third-order valence-electron chi connectivity index (χ3n) is 7.58. The SMILES string of the molecule is CCCCCC(=O)N1c2ccc(Cl)cc2NC2=C(C(=O)C[C@@H](c3ccc(Cl)cc3)C2)[C@H]1c1ccc(OC)cc1. The van der Waals surface area contributed by atoms with E-state index >= 15 is 0 Å². The first-order valence-corrected chi connectivity index (χ1v) is 14.2. The van der Waals surface area contributed by atoms with Gasteiger partial charge in [-0.15, -0.1) is 0 Å². The summed E-state index contributed by atoms with van der Waals surface area (Å²) in [5, 5.41) is 4.77. The molecule has 5 rings (SSSR count). The lowest BCUT2D eigenvalue weighted by molar-refractivity contribution is -0.119. The fourth-order valence-electron chi connectivity index (χ4n) is 5.61. The second-order valence-electron chi connectivity index (χ2n) is 10.2. The fraction of sp³-hybridized carbons (Fsp3) is 0.312. The number of rotatable bonds is 7. The van der Waals surface area contributed by atoms with Crippen molar-refractivity contribution >= 4 is 46.3 Å². The van der Waals surface area contributed by atoms with Gasteiger partial charge in [-0.3, -0.25) is 14.5 Å². The van der Waals surface area contributed by atoms with Crippen LogP contribution in [0.5, 0.6) is 5.75 Å². The van der Waals surface area contributed by atoms with Crippen LogP contribution in [-0.4, -0.2) is 18.8 Å². The number of amides is 1. The summed E-state index contributed by atoms with van der Waals surface area (Å²) >= 11 is 12.6. The largest absolute Gasteiger partial charge is 0.497 e. The van der Waals surface area contributed by atoms with E-state index in [0.717, 1.165) is 41.8 Å². The van der Waals surface area contributed by atoms with Gasteiger partial charge in [0.15, 0.2) is 5.78 Å². The number of allylic oxidation sites excluding steroid dienone is 1. The Kier molecular flexibility index (Phi) is 8.29. The number of nitrogens with one attached hydrogen (secondary N) is 1. The van der Waals surface area contributed by atoms with Gasteiger partial charge in [-0.05, 0) is 72.4 Å². The molecule has 202 valence electrons. The monoisotopic (exact) mass is 562 g/mol. The quantitative estimate of drug-likeness (QED) is 0.293. The van der Waals surface area contributed by atoms with Gasteiger partial charge in [0.05, 0.1) is 24.5 Å². The molecule has 3 aromatic rings. The summed E-state index contributed by atoms with van der Waals surface area (Å²) in [4.78, 5) is 29.9. The molecule has 0 radical (unpaired) electrons. The van der Waals surface area contributed by atoms with E-state index in [1.54, 1.807) is 18.1 Å². The number of ketones is 1. The maximum Gasteiger partial charge on any atom is 0.227 e. The summed E-state index contributed by atoms with van der Waals surface area (Å²) in [7, 11) is 1.62. The molecule has 0 unspecified atom stereocenters. The van der Waals surface area contributed by atoms with Crippen molar-refractivity contribution < 1.29 is 14.3 Å². The van der Waals surface area contributed by atoms with Gasteiger partial charge in [-0.2, -0.15) is 0 Å². The molecule has 2 atom stereocenters. The van der Waals surface area contributed by atoms with E-state index in [1.165, 1.54) is 0 Å². The molecule has 5 nitrogen and oxygen atoms in total. The number of hydrogen-bond donors (Lipinski definition) is 1. The zero-order valence-electron chi connectivity index (χ0n) is 22.2. The van der Waals surface area contributed by atoms with Gasteiger partial charge in [0.1, 0.15) is 5.75 Å². The van der Waals surface area contributed by atoms with Crippen molar-refractivity contribution in [1.29, 1.82) is 0 Å². The van der Waals surface area contributed by atoms with Crippen LogP contribution in [0.15, 0.2) is 78.0 Å². The highest BCUT2D eigenvalue weighted by atomic mass is 35.5. The molecular weight excluding hydrogens is 531 g/mol. The molecule has 1 amide bonds. The zero-order valence-corrected chi connectivity index (χ0v) is 23.7. The highest BCUT2D eigenvalue weighted by Gasteiger charge is 2.41. The van der Waals surface area contributed by atoms with E-state index in [4.69, 9.17) is 27.9 Å². The van der Waals surface area contributed by atoms with Gasteiger partial charge in [-0.1, -0.05) is 67.2 Å². The molecule has 2 aliphatic rings. The number of hydrogen-bond acceptors (Lipinski definition) is 4. The highest BCUT2D eigenvalue weighted by Crippen LogP contribution is 2.48. The van der Waals surface area contributed by atoms with Crippen molar-refractivity contribution in [3.63, 3.8) is 0 Å². The van der Waals surface area contributed by atoms with Gasteiger partial charge >= 0.3 is 0 Å². The number of carbonyl (C=O) groups is 2. The van der Waals surface area contributed by atoms with Crippen molar-refractivity contribution in [3.8, 4) is 5.75 Å². The van der Waals surface area contributed by atoms with Crippen LogP contribution in [-0.2, 0) is 9.59 Å². The molecule has 0 saturated heterocycles. The van der Waals surface area contributed by atoms with E-state index in [2.05, 4.69) is 12.2 Å². The van der Waals surface area contributed by atoms with Gasteiger partial charge in [0.2, 0.25) is 5.91 Å². The Bertz CT molecular complexity index is 1400. The number of halogens is 2. The molecule has 0 fully saturated rings. The number of methoxy groups -OCH3 is 1. The zero-order chi connectivity index (χ0) is 27.5. The Hall–Kier alpha value is -3.28. The average Bonchev–Trinajstić information content (AvgIpc) is 3.07. The average molecular weight is 564 g/mol. The van der Waals surface area contributed by atoms with Crippen LogP contribution in [0.4, 0.5) is 11.4 Å². The molecule has 1 aliphatic heterocycles. The maximum atomic E-state index is 14.1. The van der Waals surface area contributed by atoms with E-state index in [-0.39, 0.29) is 17.6 Å². The Morgan fingerprint density at radius 3 is 2.33 bits per heavy atom. The topological polar surface area (TPSA) is 58.6 Å². The lowest BCUT2D eigenvalue weighted by Gasteiger charge is -2.35. The maximum absolute atomic E-state index is 14.1. The minimum atomic E-state index is -0.575. The summed E-state index contributed by atoms with van der Waals surface area (Å²) in [5.41, 5.74) is 4.80.